The van der Waals surface area contributed by atoms with E-state index >= 15 is 0 Å². The normalized spacial score (nSPS) is 15.8. The van der Waals surface area contributed by atoms with Crippen molar-refractivity contribution in [1.82, 2.24) is 14.8 Å². The summed E-state index contributed by atoms with van der Waals surface area (Å²) in [4.78, 5) is 20.8. The molecule has 3 rings (SSSR count). The van der Waals surface area contributed by atoms with Crippen molar-refractivity contribution >= 4 is 21.8 Å². The van der Waals surface area contributed by atoms with E-state index in [9.17, 15) is 4.79 Å². The van der Waals surface area contributed by atoms with E-state index in [0.717, 1.165) is 37.2 Å². The second-order valence-corrected chi connectivity index (χ2v) is 6.36. The highest BCUT2D eigenvalue weighted by Crippen LogP contribution is 2.14. The zero-order valence-electron chi connectivity index (χ0n) is 12.3. The van der Waals surface area contributed by atoms with Crippen LogP contribution in [0, 0.1) is 0 Å². The molecule has 1 fully saturated rings. The fraction of sp³-hybridized carbons (Fsp3) is 0.294. The third-order valence-corrected chi connectivity index (χ3v) is 4.29. The van der Waals surface area contributed by atoms with Crippen LogP contribution in [0.2, 0.25) is 0 Å². The third kappa shape index (κ3) is 3.72. The molecule has 1 amide bonds. The summed E-state index contributed by atoms with van der Waals surface area (Å²) in [6.07, 6.45) is 3.32. The predicted octanol–water partition coefficient (Wildman–Crippen LogP) is 2.80. The Labute approximate surface area is 138 Å². The Hall–Kier alpha value is -1.72. The summed E-state index contributed by atoms with van der Waals surface area (Å²) in [5.41, 5.74) is 1.96. The van der Waals surface area contributed by atoms with Gasteiger partial charge in [-0.05, 0) is 27.6 Å². The Kier molecular flexibility index (Phi) is 4.85. The summed E-state index contributed by atoms with van der Waals surface area (Å²) in [5, 5.41) is 0. The fourth-order valence-electron chi connectivity index (χ4n) is 2.66. The zero-order chi connectivity index (χ0) is 15.4. The number of pyridine rings is 1. The molecule has 0 radical (unpaired) electrons. The van der Waals surface area contributed by atoms with Crippen LogP contribution in [0.1, 0.15) is 15.9 Å². The second kappa shape index (κ2) is 7.03. The van der Waals surface area contributed by atoms with Crippen LogP contribution < -0.4 is 0 Å². The van der Waals surface area contributed by atoms with E-state index < -0.39 is 0 Å². The van der Waals surface area contributed by atoms with Crippen molar-refractivity contribution in [2.24, 2.45) is 0 Å². The highest BCUT2D eigenvalue weighted by molar-refractivity contribution is 9.10. The van der Waals surface area contributed by atoms with Crippen molar-refractivity contribution in [2.45, 2.75) is 6.54 Å². The monoisotopic (exact) mass is 359 g/mol. The molecule has 2 heterocycles. The molecule has 0 spiro atoms. The van der Waals surface area contributed by atoms with Gasteiger partial charge in [-0.1, -0.05) is 30.3 Å². The van der Waals surface area contributed by atoms with Gasteiger partial charge in [0.05, 0.1) is 5.56 Å². The van der Waals surface area contributed by atoms with Crippen molar-refractivity contribution in [3.8, 4) is 0 Å². The molecule has 4 nitrogen and oxygen atoms in total. The molecule has 1 aliphatic heterocycles. The van der Waals surface area contributed by atoms with Gasteiger partial charge in [-0.15, -0.1) is 0 Å². The van der Waals surface area contributed by atoms with Gasteiger partial charge >= 0.3 is 0 Å². The predicted molar refractivity (Wildman–Crippen MR) is 89.6 cm³/mol. The van der Waals surface area contributed by atoms with Crippen molar-refractivity contribution in [1.29, 1.82) is 0 Å². The molecule has 0 atom stereocenters. The molecule has 0 saturated carbocycles. The topological polar surface area (TPSA) is 36.4 Å². The van der Waals surface area contributed by atoms with E-state index in [4.69, 9.17) is 0 Å². The molecule has 1 aliphatic rings. The lowest BCUT2D eigenvalue weighted by Crippen LogP contribution is -2.48. The number of carbonyl (C=O) groups is 1. The summed E-state index contributed by atoms with van der Waals surface area (Å²) >= 11 is 3.36. The van der Waals surface area contributed by atoms with Crippen LogP contribution in [0.3, 0.4) is 0 Å². The maximum absolute atomic E-state index is 12.5. The summed E-state index contributed by atoms with van der Waals surface area (Å²) in [7, 11) is 0. The van der Waals surface area contributed by atoms with Crippen molar-refractivity contribution < 1.29 is 4.79 Å². The minimum atomic E-state index is 0.0631. The van der Waals surface area contributed by atoms with E-state index in [1.165, 1.54) is 5.56 Å². The highest BCUT2D eigenvalue weighted by atomic mass is 79.9. The van der Waals surface area contributed by atoms with Crippen LogP contribution in [0.25, 0.3) is 0 Å². The van der Waals surface area contributed by atoms with Crippen molar-refractivity contribution in [3.05, 3.63) is 64.4 Å². The van der Waals surface area contributed by atoms with Crippen LogP contribution in [0.5, 0.6) is 0 Å². The molecule has 1 saturated heterocycles. The highest BCUT2D eigenvalue weighted by Gasteiger charge is 2.22. The quantitative estimate of drug-likeness (QED) is 0.845. The van der Waals surface area contributed by atoms with Crippen LogP contribution in [-0.2, 0) is 6.54 Å². The van der Waals surface area contributed by atoms with Crippen LogP contribution >= 0.6 is 15.9 Å². The van der Waals surface area contributed by atoms with Crippen molar-refractivity contribution in [3.63, 3.8) is 0 Å². The summed E-state index contributed by atoms with van der Waals surface area (Å²) < 4.78 is 0.834. The Morgan fingerprint density at radius 3 is 2.50 bits per heavy atom. The van der Waals surface area contributed by atoms with Gasteiger partial charge in [-0.3, -0.25) is 14.7 Å². The number of nitrogens with zero attached hydrogens (tertiary/aromatic N) is 3. The minimum absolute atomic E-state index is 0.0631. The van der Waals surface area contributed by atoms with E-state index in [1.54, 1.807) is 12.4 Å². The molecule has 0 aliphatic carbocycles. The SMILES string of the molecule is O=C(c1cncc(Br)c1)N1CCN(Cc2ccccc2)CC1. The molecule has 22 heavy (non-hydrogen) atoms. The first-order chi connectivity index (χ1) is 10.7. The first-order valence-electron chi connectivity index (χ1n) is 7.38. The molecular formula is C17H18BrN3O. The molecule has 2 aromatic rings. The standard InChI is InChI=1S/C17H18BrN3O/c18-16-10-15(11-19-12-16)17(22)21-8-6-20(7-9-21)13-14-4-2-1-3-5-14/h1-5,10-12H,6-9,13H2. The number of amides is 1. The lowest BCUT2D eigenvalue weighted by molar-refractivity contribution is 0.0628. The Bertz CT molecular complexity index is 639. The number of rotatable bonds is 3. The van der Waals surface area contributed by atoms with Gasteiger partial charge in [-0.25, -0.2) is 0 Å². The van der Waals surface area contributed by atoms with Crippen LogP contribution in [0.15, 0.2) is 53.3 Å². The lowest BCUT2D eigenvalue weighted by atomic mass is 10.2. The van der Waals surface area contributed by atoms with Crippen molar-refractivity contribution in [2.75, 3.05) is 26.2 Å². The average Bonchev–Trinajstić information content (AvgIpc) is 2.56. The van der Waals surface area contributed by atoms with E-state index in [2.05, 4.69) is 50.1 Å². The molecule has 5 heteroatoms. The van der Waals surface area contributed by atoms with Gasteiger partial charge in [0, 0.05) is 49.6 Å². The first kappa shape index (κ1) is 15.2. The van der Waals surface area contributed by atoms with Crippen LogP contribution in [-0.4, -0.2) is 46.9 Å². The number of benzene rings is 1. The third-order valence-electron chi connectivity index (χ3n) is 3.86. The largest absolute Gasteiger partial charge is 0.336 e. The molecule has 1 aromatic carbocycles. The Balaban J connectivity index is 1.56. The fourth-order valence-corrected chi connectivity index (χ4v) is 3.03. The molecule has 114 valence electrons. The van der Waals surface area contributed by atoms with Gasteiger partial charge < -0.3 is 4.90 Å². The first-order valence-corrected chi connectivity index (χ1v) is 8.18. The summed E-state index contributed by atoms with van der Waals surface area (Å²) in [6, 6.07) is 12.3. The summed E-state index contributed by atoms with van der Waals surface area (Å²) in [5.74, 6) is 0.0631. The second-order valence-electron chi connectivity index (χ2n) is 5.45. The van der Waals surface area contributed by atoms with E-state index in [1.807, 2.05) is 17.0 Å². The molecule has 0 N–H and O–H groups in total. The number of hydrogen-bond acceptors (Lipinski definition) is 3. The van der Waals surface area contributed by atoms with Gasteiger partial charge in [0.15, 0.2) is 0 Å². The Morgan fingerprint density at radius 2 is 1.82 bits per heavy atom. The number of carbonyl (C=O) groups excluding carboxylic acids is 1. The van der Waals surface area contributed by atoms with E-state index in [0.29, 0.717) is 5.56 Å². The maximum Gasteiger partial charge on any atom is 0.255 e. The number of aromatic nitrogens is 1. The Morgan fingerprint density at radius 1 is 1.09 bits per heavy atom. The number of hydrogen-bond donors (Lipinski definition) is 0. The van der Waals surface area contributed by atoms with Gasteiger partial charge in [-0.2, -0.15) is 0 Å². The summed E-state index contributed by atoms with van der Waals surface area (Å²) in [6.45, 7) is 4.28. The smallest absolute Gasteiger partial charge is 0.255 e. The molecule has 0 unspecified atom stereocenters. The number of halogens is 1. The van der Waals surface area contributed by atoms with Gasteiger partial charge in [0.2, 0.25) is 0 Å². The van der Waals surface area contributed by atoms with E-state index in [-0.39, 0.29) is 5.91 Å². The lowest BCUT2D eigenvalue weighted by Gasteiger charge is -2.34. The molecule has 1 aromatic heterocycles. The zero-order valence-corrected chi connectivity index (χ0v) is 13.9. The minimum Gasteiger partial charge on any atom is -0.336 e. The average molecular weight is 360 g/mol. The van der Waals surface area contributed by atoms with Gasteiger partial charge in [0.1, 0.15) is 0 Å². The molecular weight excluding hydrogens is 342 g/mol. The van der Waals surface area contributed by atoms with Crippen LogP contribution in [0.4, 0.5) is 0 Å². The van der Waals surface area contributed by atoms with Gasteiger partial charge in [0.25, 0.3) is 5.91 Å². The molecule has 0 bridgehead atoms. The maximum atomic E-state index is 12.5. The number of piperazine rings is 1.